The molecule has 0 spiro atoms. The molecule has 1 aliphatic rings. The maximum absolute atomic E-state index is 6.48. The van der Waals surface area contributed by atoms with Crippen LogP contribution in [0.5, 0.6) is 0 Å². The van der Waals surface area contributed by atoms with E-state index in [1.54, 1.807) is 6.33 Å². The van der Waals surface area contributed by atoms with Gasteiger partial charge < -0.3 is 10.3 Å². The second-order valence-electron chi connectivity index (χ2n) is 4.51. The van der Waals surface area contributed by atoms with Crippen LogP contribution in [0.25, 0.3) is 0 Å². The fourth-order valence-electron chi connectivity index (χ4n) is 2.46. The summed E-state index contributed by atoms with van der Waals surface area (Å²) >= 11 is 0. The minimum absolute atomic E-state index is 0.233. The molecule has 4 nitrogen and oxygen atoms in total. The number of hydrogen-bond acceptors (Lipinski definition) is 3. The Hall–Kier alpha value is -0.900. The molecule has 2 rings (SSSR count). The van der Waals surface area contributed by atoms with Gasteiger partial charge in [0.15, 0.2) is 5.82 Å². The molecule has 1 saturated carbocycles. The summed E-state index contributed by atoms with van der Waals surface area (Å²) < 4.78 is 2.07. The summed E-state index contributed by atoms with van der Waals surface area (Å²) in [5.41, 5.74) is 6.24. The van der Waals surface area contributed by atoms with Crippen LogP contribution in [-0.2, 0) is 12.1 Å². The summed E-state index contributed by atoms with van der Waals surface area (Å²) in [5.74, 6) is 0.979. The predicted octanol–water partition coefficient (Wildman–Crippen LogP) is 1.81. The van der Waals surface area contributed by atoms with Crippen molar-refractivity contribution in [2.45, 2.75) is 57.5 Å². The molecule has 0 atom stereocenters. The highest BCUT2D eigenvalue weighted by atomic mass is 15.3. The Kier molecular flexibility index (Phi) is 3.05. The summed E-state index contributed by atoms with van der Waals surface area (Å²) in [4.78, 5) is 0. The zero-order valence-corrected chi connectivity index (χ0v) is 9.45. The third kappa shape index (κ3) is 2.04. The molecule has 4 heteroatoms. The van der Waals surface area contributed by atoms with E-state index >= 15 is 0 Å². The van der Waals surface area contributed by atoms with Gasteiger partial charge in [-0.15, -0.1) is 10.2 Å². The highest BCUT2D eigenvalue weighted by Crippen LogP contribution is 2.32. The maximum Gasteiger partial charge on any atom is 0.152 e. The van der Waals surface area contributed by atoms with E-state index in [0.29, 0.717) is 0 Å². The van der Waals surface area contributed by atoms with Crippen LogP contribution < -0.4 is 5.73 Å². The Morgan fingerprint density at radius 3 is 2.60 bits per heavy atom. The molecule has 0 radical (unpaired) electrons. The van der Waals surface area contributed by atoms with E-state index in [2.05, 4.69) is 21.7 Å². The molecule has 1 heterocycles. The molecule has 1 fully saturated rings. The van der Waals surface area contributed by atoms with Crippen molar-refractivity contribution in [3.63, 3.8) is 0 Å². The quantitative estimate of drug-likeness (QED) is 0.754. The summed E-state index contributed by atoms with van der Waals surface area (Å²) in [6, 6.07) is 0. The van der Waals surface area contributed by atoms with E-state index in [1.165, 1.54) is 25.7 Å². The number of rotatable bonds is 2. The molecule has 0 amide bonds. The van der Waals surface area contributed by atoms with Crippen LogP contribution in [0.1, 0.15) is 51.3 Å². The van der Waals surface area contributed by atoms with E-state index in [0.717, 1.165) is 25.2 Å². The number of aromatic nitrogens is 3. The van der Waals surface area contributed by atoms with Crippen molar-refractivity contribution in [1.29, 1.82) is 0 Å². The average Bonchev–Trinajstić information content (AvgIpc) is 2.62. The van der Waals surface area contributed by atoms with Crippen LogP contribution >= 0.6 is 0 Å². The van der Waals surface area contributed by atoms with Crippen LogP contribution in [0.15, 0.2) is 6.33 Å². The zero-order chi connectivity index (χ0) is 10.7. The van der Waals surface area contributed by atoms with Gasteiger partial charge in [0.2, 0.25) is 0 Å². The topological polar surface area (TPSA) is 56.7 Å². The minimum Gasteiger partial charge on any atom is -0.319 e. The molecular weight excluding hydrogens is 188 g/mol. The Balaban J connectivity index is 2.26. The van der Waals surface area contributed by atoms with Crippen LogP contribution in [0.2, 0.25) is 0 Å². The molecule has 0 aromatic carbocycles. The first kappa shape index (κ1) is 10.6. The first-order valence-corrected chi connectivity index (χ1v) is 5.93. The van der Waals surface area contributed by atoms with Gasteiger partial charge in [-0.3, -0.25) is 0 Å². The van der Waals surface area contributed by atoms with Crippen LogP contribution in [-0.4, -0.2) is 14.8 Å². The summed E-state index contributed by atoms with van der Waals surface area (Å²) in [6.07, 6.45) is 8.92. The third-order valence-electron chi connectivity index (χ3n) is 3.40. The first-order valence-electron chi connectivity index (χ1n) is 5.93. The van der Waals surface area contributed by atoms with E-state index < -0.39 is 0 Å². The van der Waals surface area contributed by atoms with Crippen LogP contribution in [0, 0.1) is 0 Å². The van der Waals surface area contributed by atoms with Gasteiger partial charge in [0, 0.05) is 6.54 Å². The second-order valence-corrected chi connectivity index (χ2v) is 4.51. The molecule has 0 aliphatic heterocycles. The maximum atomic E-state index is 6.48. The number of nitrogens with zero attached hydrogens (tertiary/aromatic N) is 3. The molecule has 1 aliphatic carbocycles. The molecule has 84 valence electrons. The van der Waals surface area contributed by atoms with E-state index in [1.807, 2.05) is 0 Å². The SMILES string of the molecule is CCn1cnnc1C1(N)CCCCCC1. The fraction of sp³-hybridized carbons (Fsp3) is 0.818. The van der Waals surface area contributed by atoms with Crippen molar-refractivity contribution >= 4 is 0 Å². The van der Waals surface area contributed by atoms with Crippen LogP contribution in [0.4, 0.5) is 0 Å². The van der Waals surface area contributed by atoms with Crippen molar-refractivity contribution < 1.29 is 0 Å². The van der Waals surface area contributed by atoms with Crippen molar-refractivity contribution in [2.24, 2.45) is 5.73 Å². The van der Waals surface area contributed by atoms with Gasteiger partial charge >= 0.3 is 0 Å². The minimum atomic E-state index is -0.233. The molecule has 1 aromatic rings. The lowest BCUT2D eigenvalue weighted by Crippen LogP contribution is -2.39. The Morgan fingerprint density at radius 2 is 2.00 bits per heavy atom. The normalized spacial score (nSPS) is 21.2. The number of aryl methyl sites for hydroxylation is 1. The average molecular weight is 208 g/mol. The fourth-order valence-corrected chi connectivity index (χ4v) is 2.46. The Labute approximate surface area is 90.9 Å². The lowest BCUT2D eigenvalue weighted by atomic mass is 9.90. The van der Waals surface area contributed by atoms with Crippen molar-refractivity contribution in [1.82, 2.24) is 14.8 Å². The smallest absolute Gasteiger partial charge is 0.152 e. The molecule has 2 N–H and O–H groups in total. The molecule has 0 unspecified atom stereocenters. The van der Waals surface area contributed by atoms with Gasteiger partial charge in [0.1, 0.15) is 6.33 Å². The van der Waals surface area contributed by atoms with Crippen LogP contribution in [0.3, 0.4) is 0 Å². The van der Waals surface area contributed by atoms with Crippen molar-refractivity contribution in [2.75, 3.05) is 0 Å². The van der Waals surface area contributed by atoms with Crippen molar-refractivity contribution in [3.8, 4) is 0 Å². The number of nitrogens with two attached hydrogens (primary N) is 1. The monoisotopic (exact) mass is 208 g/mol. The molecule has 0 saturated heterocycles. The van der Waals surface area contributed by atoms with Gasteiger partial charge in [-0.1, -0.05) is 25.7 Å². The predicted molar refractivity (Wildman–Crippen MR) is 59.3 cm³/mol. The zero-order valence-electron chi connectivity index (χ0n) is 9.45. The Bertz CT molecular complexity index is 310. The van der Waals surface area contributed by atoms with Gasteiger partial charge in [0.05, 0.1) is 5.54 Å². The Morgan fingerprint density at radius 1 is 1.33 bits per heavy atom. The summed E-state index contributed by atoms with van der Waals surface area (Å²) in [7, 11) is 0. The molecule has 0 bridgehead atoms. The van der Waals surface area contributed by atoms with Crippen molar-refractivity contribution in [3.05, 3.63) is 12.2 Å². The lowest BCUT2D eigenvalue weighted by Gasteiger charge is -2.27. The van der Waals surface area contributed by atoms with E-state index in [4.69, 9.17) is 5.73 Å². The van der Waals surface area contributed by atoms with E-state index in [-0.39, 0.29) is 5.54 Å². The molecule has 15 heavy (non-hydrogen) atoms. The van der Waals surface area contributed by atoms with Gasteiger partial charge in [-0.25, -0.2) is 0 Å². The van der Waals surface area contributed by atoms with E-state index in [9.17, 15) is 0 Å². The second kappa shape index (κ2) is 4.31. The largest absolute Gasteiger partial charge is 0.319 e. The highest BCUT2D eigenvalue weighted by Gasteiger charge is 2.32. The third-order valence-corrected chi connectivity index (χ3v) is 3.40. The summed E-state index contributed by atoms with van der Waals surface area (Å²) in [5, 5.41) is 8.19. The highest BCUT2D eigenvalue weighted by molar-refractivity contribution is 5.05. The molecular formula is C11H20N4. The standard InChI is InChI=1S/C11H20N4/c1-2-15-9-13-14-10(15)11(12)7-5-3-4-6-8-11/h9H,2-8,12H2,1H3. The van der Waals surface area contributed by atoms with Gasteiger partial charge in [-0.05, 0) is 19.8 Å². The van der Waals surface area contributed by atoms with Gasteiger partial charge in [-0.2, -0.15) is 0 Å². The first-order chi connectivity index (χ1) is 7.26. The lowest BCUT2D eigenvalue weighted by molar-refractivity contribution is 0.347. The van der Waals surface area contributed by atoms with Gasteiger partial charge in [0.25, 0.3) is 0 Å². The molecule has 1 aromatic heterocycles. The number of hydrogen-bond donors (Lipinski definition) is 1. The summed E-state index contributed by atoms with van der Waals surface area (Å²) in [6.45, 7) is 3.01.